The lowest BCUT2D eigenvalue weighted by atomic mass is 9.89. The second kappa shape index (κ2) is 16.7. The maximum absolute atomic E-state index is 14.5. The molecular formula is C40H42NO8P. The summed E-state index contributed by atoms with van der Waals surface area (Å²) < 4.78 is 56.0. The first-order valence-electron chi connectivity index (χ1n) is 16.5. The molecule has 0 aliphatic carbocycles. The maximum atomic E-state index is 14.5. The molecule has 0 fully saturated rings. The second-order valence-electron chi connectivity index (χ2n) is 11.8. The van der Waals surface area contributed by atoms with Gasteiger partial charge in [0.15, 0.2) is 23.0 Å². The molecule has 0 aromatic heterocycles. The minimum atomic E-state index is -4.19. The van der Waals surface area contributed by atoms with E-state index < -0.39 is 7.82 Å². The van der Waals surface area contributed by atoms with E-state index in [-0.39, 0.29) is 25.0 Å². The molecule has 1 aliphatic rings. The van der Waals surface area contributed by atoms with E-state index in [0.717, 1.165) is 46.3 Å². The third-order valence-electron chi connectivity index (χ3n) is 8.44. The van der Waals surface area contributed by atoms with Crippen LogP contribution in [0.1, 0.15) is 39.4 Å². The molecule has 0 spiro atoms. The van der Waals surface area contributed by atoms with Crippen LogP contribution >= 0.6 is 7.82 Å². The number of ether oxygens (including phenoxy) is 4. The summed E-state index contributed by atoms with van der Waals surface area (Å²) in [7, 11) is 0.602. The molecular weight excluding hydrogens is 653 g/mol. The van der Waals surface area contributed by atoms with E-state index in [1.807, 2.05) is 115 Å². The predicted octanol–water partition coefficient (Wildman–Crippen LogP) is 8.64. The predicted molar refractivity (Wildman–Crippen MR) is 192 cm³/mol. The van der Waals surface area contributed by atoms with E-state index in [9.17, 15) is 4.57 Å². The van der Waals surface area contributed by atoms with Crippen LogP contribution in [0.3, 0.4) is 0 Å². The molecule has 1 aliphatic heterocycles. The molecule has 0 amide bonds. The van der Waals surface area contributed by atoms with Crippen molar-refractivity contribution in [1.29, 1.82) is 0 Å². The summed E-state index contributed by atoms with van der Waals surface area (Å²) >= 11 is 0. The van der Waals surface area contributed by atoms with E-state index in [0.29, 0.717) is 36.0 Å². The van der Waals surface area contributed by atoms with E-state index >= 15 is 0 Å². The van der Waals surface area contributed by atoms with Crippen LogP contribution in [0.25, 0.3) is 0 Å². The summed E-state index contributed by atoms with van der Waals surface area (Å²) in [5.74, 6) is 2.42. The van der Waals surface area contributed by atoms with Crippen molar-refractivity contribution in [2.45, 2.75) is 38.7 Å². The molecule has 1 heterocycles. The normalized spacial score (nSPS) is 14.0. The van der Waals surface area contributed by atoms with Crippen molar-refractivity contribution in [3.8, 4) is 28.7 Å². The van der Waals surface area contributed by atoms with Gasteiger partial charge in [0.05, 0.1) is 34.5 Å². The van der Waals surface area contributed by atoms with Crippen molar-refractivity contribution >= 4 is 7.82 Å². The highest BCUT2D eigenvalue weighted by Gasteiger charge is 2.33. The summed E-state index contributed by atoms with van der Waals surface area (Å²) in [6, 6.07) is 36.6. The average molecular weight is 696 g/mol. The first-order valence-corrected chi connectivity index (χ1v) is 18.0. The monoisotopic (exact) mass is 695 g/mol. The van der Waals surface area contributed by atoms with Gasteiger partial charge in [0, 0.05) is 6.04 Å². The van der Waals surface area contributed by atoms with Crippen LogP contribution in [0.4, 0.5) is 0 Å². The van der Waals surface area contributed by atoms with Crippen molar-refractivity contribution < 1.29 is 37.1 Å². The second-order valence-corrected chi connectivity index (χ2v) is 13.4. The molecule has 6 rings (SSSR count). The van der Waals surface area contributed by atoms with Crippen molar-refractivity contribution in [1.82, 2.24) is 5.32 Å². The first-order chi connectivity index (χ1) is 24.5. The number of rotatable bonds is 16. The molecule has 260 valence electrons. The van der Waals surface area contributed by atoms with Gasteiger partial charge < -0.3 is 28.8 Å². The third kappa shape index (κ3) is 8.86. The lowest BCUT2D eigenvalue weighted by Crippen LogP contribution is -2.31. The van der Waals surface area contributed by atoms with Gasteiger partial charge in [-0.3, -0.25) is 9.05 Å². The van der Waals surface area contributed by atoms with Crippen LogP contribution in [0.5, 0.6) is 28.7 Å². The number of nitrogens with one attached hydrogen (secondary N) is 1. The Bertz CT molecular complexity index is 1820. The Balaban J connectivity index is 1.35. The smallest absolute Gasteiger partial charge is 0.493 e. The van der Waals surface area contributed by atoms with Gasteiger partial charge in [-0.15, -0.1) is 0 Å². The zero-order chi connectivity index (χ0) is 34.8. The van der Waals surface area contributed by atoms with Crippen LogP contribution in [-0.2, 0) is 46.3 Å². The van der Waals surface area contributed by atoms with Gasteiger partial charge in [0.2, 0.25) is 5.75 Å². The van der Waals surface area contributed by atoms with Crippen LogP contribution in [0.2, 0.25) is 0 Å². The van der Waals surface area contributed by atoms with Gasteiger partial charge in [0.25, 0.3) is 0 Å². The van der Waals surface area contributed by atoms with Crippen molar-refractivity contribution in [3.05, 3.63) is 149 Å². The van der Waals surface area contributed by atoms with Gasteiger partial charge in [-0.2, -0.15) is 0 Å². The van der Waals surface area contributed by atoms with Gasteiger partial charge >= 0.3 is 7.82 Å². The van der Waals surface area contributed by atoms with Crippen molar-refractivity contribution in [2.75, 3.05) is 27.9 Å². The van der Waals surface area contributed by atoms with E-state index in [1.165, 1.54) is 0 Å². The number of hydrogen-bond acceptors (Lipinski definition) is 9. The fourth-order valence-electron chi connectivity index (χ4n) is 5.91. The molecule has 1 atom stereocenters. The quantitative estimate of drug-likeness (QED) is 0.102. The first kappa shape index (κ1) is 35.1. The van der Waals surface area contributed by atoms with E-state index in [4.69, 9.17) is 32.5 Å². The number of methoxy groups -OCH3 is 3. The van der Waals surface area contributed by atoms with E-state index in [1.54, 1.807) is 21.3 Å². The standard InChI is InChI=1S/C40H42NO8P/c1-43-38-22-32(23-39(44-2)40(38)45-3)21-35-34-25-37(36(24-33(34)19-20-41-35)46-26-29-13-7-4-8-14-29)49-50(42,47-27-30-15-9-5-10-16-30)48-28-31-17-11-6-12-18-31/h4-18,22-25,35,41H,19-21,26-28H2,1-3H3. The van der Waals surface area contributed by atoms with E-state index in [2.05, 4.69) is 5.32 Å². The van der Waals surface area contributed by atoms with Gasteiger partial charge in [-0.05, 0) is 77.0 Å². The molecule has 0 radical (unpaired) electrons. The van der Waals surface area contributed by atoms with Crippen molar-refractivity contribution in [3.63, 3.8) is 0 Å². The maximum Gasteiger partial charge on any atom is 0.530 e. The Kier molecular flexibility index (Phi) is 11.7. The Morgan fingerprint density at radius 3 is 1.68 bits per heavy atom. The third-order valence-corrected chi connectivity index (χ3v) is 9.75. The highest BCUT2D eigenvalue weighted by molar-refractivity contribution is 7.48. The van der Waals surface area contributed by atoms with Crippen LogP contribution < -0.4 is 28.8 Å². The fraction of sp³-hybridized carbons (Fsp3) is 0.250. The number of benzene rings is 5. The number of hydrogen-bond donors (Lipinski definition) is 1. The minimum absolute atomic E-state index is 0.0311. The molecule has 10 heteroatoms. The summed E-state index contributed by atoms with van der Waals surface area (Å²) in [5.41, 5.74) is 5.73. The zero-order valence-electron chi connectivity index (χ0n) is 28.5. The molecule has 5 aromatic carbocycles. The fourth-order valence-corrected chi connectivity index (χ4v) is 7.08. The highest BCUT2D eigenvalue weighted by Crippen LogP contribution is 2.54. The Labute approximate surface area is 293 Å². The van der Waals surface area contributed by atoms with Gasteiger partial charge in [0.1, 0.15) is 6.61 Å². The highest BCUT2D eigenvalue weighted by atomic mass is 31.2. The average Bonchev–Trinajstić information content (AvgIpc) is 3.16. The summed E-state index contributed by atoms with van der Waals surface area (Å²) in [6.07, 6.45) is 1.38. The lowest BCUT2D eigenvalue weighted by Gasteiger charge is -2.29. The van der Waals surface area contributed by atoms with Crippen LogP contribution in [0.15, 0.2) is 115 Å². The van der Waals surface area contributed by atoms with Gasteiger partial charge in [-0.1, -0.05) is 91.0 Å². The molecule has 50 heavy (non-hydrogen) atoms. The number of fused-ring (bicyclic) bond motifs is 1. The van der Waals surface area contributed by atoms with Crippen molar-refractivity contribution in [2.24, 2.45) is 0 Å². The van der Waals surface area contributed by atoms with Crippen LogP contribution in [-0.4, -0.2) is 27.9 Å². The SMILES string of the molecule is COc1cc(CC2NCCc3cc(OCc4ccccc4)c(OP(=O)(OCc4ccccc4)OCc4ccccc4)cc32)cc(OC)c1OC. The molecule has 0 saturated carbocycles. The summed E-state index contributed by atoms with van der Waals surface area (Å²) in [4.78, 5) is 0. The summed E-state index contributed by atoms with van der Waals surface area (Å²) in [5, 5.41) is 3.65. The van der Waals surface area contributed by atoms with Crippen LogP contribution in [0, 0.1) is 0 Å². The minimum Gasteiger partial charge on any atom is -0.493 e. The lowest BCUT2D eigenvalue weighted by molar-refractivity contribution is 0.141. The topological polar surface area (TPSA) is 93.7 Å². The molecule has 1 N–H and O–H groups in total. The summed E-state index contributed by atoms with van der Waals surface area (Å²) in [6.45, 7) is 1.12. The zero-order valence-corrected chi connectivity index (χ0v) is 29.4. The number of phosphoric acid groups is 1. The Morgan fingerprint density at radius 1 is 0.620 bits per heavy atom. The Hall–Kier alpha value is -4.79. The molecule has 0 saturated heterocycles. The largest absolute Gasteiger partial charge is 0.530 e. The molecule has 5 aromatic rings. The molecule has 0 bridgehead atoms. The molecule has 9 nitrogen and oxygen atoms in total. The Morgan fingerprint density at radius 2 is 1.16 bits per heavy atom. The van der Waals surface area contributed by atoms with Gasteiger partial charge in [-0.25, -0.2) is 4.57 Å². The molecule has 1 unspecified atom stereocenters. The number of phosphoric ester groups is 1.